The summed E-state index contributed by atoms with van der Waals surface area (Å²) in [6.45, 7) is 6.21. The lowest BCUT2D eigenvalue weighted by molar-refractivity contribution is 0.584. The Morgan fingerprint density at radius 2 is 2.00 bits per heavy atom. The molecule has 1 aromatic rings. The van der Waals surface area contributed by atoms with Crippen molar-refractivity contribution in [2.75, 3.05) is 24.2 Å². The predicted octanol–water partition coefficient (Wildman–Crippen LogP) is 0.445. The molecule has 0 spiro atoms. The van der Waals surface area contributed by atoms with Gasteiger partial charge in [0.15, 0.2) is 0 Å². The second-order valence-corrected chi connectivity index (χ2v) is 5.60. The Kier molecular flexibility index (Phi) is 4.83. The summed E-state index contributed by atoms with van der Waals surface area (Å²) in [5.41, 5.74) is 1.71. The summed E-state index contributed by atoms with van der Waals surface area (Å²) < 4.78 is 25.1. The molecule has 0 amide bonds. The molecule has 0 aliphatic rings. The highest BCUT2D eigenvalue weighted by Crippen LogP contribution is 2.04. The number of nitrogens with zero attached hydrogens (tertiary/aromatic N) is 2. The van der Waals surface area contributed by atoms with Gasteiger partial charge in [0.05, 0.1) is 23.3 Å². The van der Waals surface area contributed by atoms with Crippen molar-refractivity contribution in [3.05, 3.63) is 17.6 Å². The van der Waals surface area contributed by atoms with E-state index in [0.29, 0.717) is 18.9 Å². The molecule has 0 aromatic carbocycles. The average molecular weight is 258 g/mol. The molecule has 1 heterocycles. The topological polar surface area (TPSA) is 84.0 Å². The minimum absolute atomic E-state index is 0.0233. The van der Waals surface area contributed by atoms with Gasteiger partial charge in [0, 0.05) is 13.1 Å². The van der Waals surface area contributed by atoms with Crippen LogP contribution in [0, 0.1) is 13.8 Å². The first-order chi connectivity index (χ1) is 7.94. The quantitative estimate of drug-likeness (QED) is 0.773. The van der Waals surface area contributed by atoms with Crippen molar-refractivity contribution < 1.29 is 8.42 Å². The molecule has 0 aliphatic heterocycles. The molecule has 7 heteroatoms. The lowest BCUT2D eigenvalue weighted by Gasteiger charge is -2.07. The Morgan fingerprint density at radius 1 is 1.29 bits per heavy atom. The third-order valence-corrected chi connectivity index (χ3v) is 3.70. The lowest BCUT2D eigenvalue weighted by Crippen LogP contribution is -2.29. The molecule has 0 radical (unpaired) electrons. The summed E-state index contributed by atoms with van der Waals surface area (Å²) >= 11 is 0. The highest BCUT2D eigenvalue weighted by Gasteiger charge is 2.07. The number of rotatable bonds is 6. The molecule has 0 fully saturated rings. The fourth-order valence-corrected chi connectivity index (χ4v) is 2.19. The van der Waals surface area contributed by atoms with Gasteiger partial charge in [-0.1, -0.05) is 6.92 Å². The number of anilines is 1. The summed E-state index contributed by atoms with van der Waals surface area (Å²) in [6.07, 6.45) is 1.60. The van der Waals surface area contributed by atoms with Crippen LogP contribution in [0.2, 0.25) is 0 Å². The van der Waals surface area contributed by atoms with E-state index in [4.69, 9.17) is 0 Å². The van der Waals surface area contributed by atoms with Gasteiger partial charge in [0.25, 0.3) is 0 Å². The molecule has 6 nitrogen and oxygen atoms in total. The van der Waals surface area contributed by atoms with Crippen LogP contribution in [0.3, 0.4) is 0 Å². The van der Waals surface area contributed by atoms with Gasteiger partial charge in [-0.2, -0.15) is 0 Å². The van der Waals surface area contributed by atoms with Crippen molar-refractivity contribution in [3.63, 3.8) is 0 Å². The summed E-state index contributed by atoms with van der Waals surface area (Å²) in [6, 6.07) is 0. The summed E-state index contributed by atoms with van der Waals surface area (Å²) in [7, 11) is -3.18. The van der Waals surface area contributed by atoms with Gasteiger partial charge in [0.2, 0.25) is 10.0 Å². The molecule has 96 valence electrons. The van der Waals surface area contributed by atoms with Crippen LogP contribution in [0.15, 0.2) is 6.20 Å². The van der Waals surface area contributed by atoms with Gasteiger partial charge in [-0.15, -0.1) is 0 Å². The zero-order valence-electron chi connectivity index (χ0n) is 10.3. The molecule has 0 bridgehead atoms. The SMILES string of the molecule is CCNS(=O)(=O)CCNc1cnc(C)c(C)n1. The first-order valence-corrected chi connectivity index (χ1v) is 7.11. The van der Waals surface area contributed by atoms with Gasteiger partial charge in [-0.05, 0) is 13.8 Å². The van der Waals surface area contributed by atoms with E-state index in [1.807, 2.05) is 13.8 Å². The lowest BCUT2D eigenvalue weighted by atomic mass is 10.3. The first kappa shape index (κ1) is 13.9. The predicted molar refractivity (Wildman–Crippen MR) is 67.5 cm³/mol. The van der Waals surface area contributed by atoms with Crippen LogP contribution >= 0.6 is 0 Å². The van der Waals surface area contributed by atoms with Crippen LogP contribution in [0.1, 0.15) is 18.3 Å². The summed E-state index contributed by atoms with van der Waals surface area (Å²) in [4.78, 5) is 8.39. The van der Waals surface area contributed by atoms with Crippen molar-refractivity contribution in [2.24, 2.45) is 0 Å². The Bertz CT molecular complexity index is 473. The minimum Gasteiger partial charge on any atom is -0.368 e. The highest BCUT2D eigenvalue weighted by molar-refractivity contribution is 7.89. The Labute approximate surface area is 102 Å². The highest BCUT2D eigenvalue weighted by atomic mass is 32.2. The minimum atomic E-state index is -3.18. The third-order valence-electron chi connectivity index (χ3n) is 2.23. The second kappa shape index (κ2) is 5.92. The van der Waals surface area contributed by atoms with Crippen molar-refractivity contribution in [1.82, 2.24) is 14.7 Å². The second-order valence-electron chi connectivity index (χ2n) is 3.67. The maximum absolute atomic E-state index is 11.4. The molecular formula is C10H18N4O2S. The fraction of sp³-hybridized carbons (Fsp3) is 0.600. The van der Waals surface area contributed by atoms with E-state index < -0.39 is 10.0 Å². The molecule has 1 rings (SSSR count). The number of aryl methyl sites for hydroxylation is 2. The first-order valence-electron chi connectivity index (χ1n) is 5.46. The Morgan fingerprint density at radius 3 is 2.59 bits per heavy atom. The monoisotopic (exact) mass is 258 g/mol. The Hall–Kier alpha value is -1.21. The van der Waals surface area contributed by atoms with Crippen molar-refractivity contribution in [2.45, 2.75) is 20.8 Å². The van der Waals surface area contributed by atoms with Crippen molar-refractivity contribution in [3.8, 4) is 0 Å². The molecule has 2 N–H and O–H groups in total. The van der Waals surface area contributed by atoms with Crippen LogP contribution in [-0.2, 0) is 10.0 Å². The van der Waals surface area contributed by atoms with E-state index in [0.717, 1.165) is 11.4 Å². The fourth-order valence-electron chi connectivity index (χ4n) is 1.23. The van der Waals surface area contributed by atoms with E-state index >= 15 is 0 Å². The number of sulfonamides is 1. The van der Waals surface area contributed by atoms with Crippen molar-refractivity contribution in [1.29, 1.82) is 0 Å². The van der Waals surface area contributed by atoms with Crippen molar-refractivity contribution >= 4 is 15.8 Å². The zero-order chi connectivity index (χ0) is 12.9. The normalized spacial score (nSPS) is 11.5. The van der Waals surface area contributed by atoms with Crippen LogP contribution in [0.25, 0.3) is 0 Å². The van der Waals surface area contributed by atoms with Crippen LogP contribution in [0.5, 0.6) is 0 Å². The van der Waals surface area contributed by atoms with E-state index in [1.165, 1.54) is 0 Å². The number of nitrogens with one attached hydrogen (secondary N) is 2. The average Bonchev–Trinajstić information content (AvgIpc) is 2.23. The van der Waals surface area contributed by atoms with Gasteiger partial charge in [-0.25, -0.2) is 18.1 Å². The third kappa shape index (κ3) is 4.66. The number of hydrogen-bond donors (Lipinski definition) is 2. The molecule has 0 aliphatic carbocycles. The van der Waals surface area contributed by atoms with E-state index in [-0.39, 0.29) is 5.75 Å². The van der Waals surface area contributed by atoms with Crippen LogP contribution in [0.4, 0.5) is 5.82 Å². The van der Waals surface area contributed by atoms with Gasteiger partial charge < -0.3 is 5.32 Å². The molecular weight excluding hydrogens is 240 g/mol. The molecule has 17 heavy (non-hydrogen) atoms. The maximum atomic E-state index is 11.4. The smallest absolute Gasteiger partial charge is 0.213 e. The molecule has 0 saturated heterocycles. The van der Waals surface area contributed by atoms with Crippen LogP contribution < -0.4 is 10.0 Å². The largest absolute Gasteiger partial charge is 0.368 e. The van der Waals surface area contributed by atoms with Crippen LogP contribution in [-0.4, -0.2) is 37.2 Å². The summed E-state index contributed by atoms with van der Waals surface area (Å²) in [5, 5.41) is 2.93. The standard InChI is InChI=1S/C10H18N4O2S/c1-4-13-17(15,16)6-5-11-10-7-12-8(2)9(3)14-10/h7,13H,4-6H2,1-3H3,(H,11,14). The van der Waals surface area contributed by atoms with Gasteiger partial charge in [0.1, 0.15) is 5.82 Å². The van der Waals surface area contributed by atoms with E-state index in [9.17, 15) is 8.42 Å². The van der Waals surface area contributed by atoms with E-state index in [2.05, 4.69) is 20.0 Å². The summed E-state index contributed by atoms with van der Waals surface area (Å²) in [5.74, 6) is 0.620. The number of hydrogen-bond acceptors (Lipinski definition) is 5. The molecule has 0 saturated carbocycles. The zero-order valence-corrected chi connectivity index (χ0v) is 11.1. The molecule has 0 atom stereocenters. The Balaban J connectivity index is 2.49. The number of aromatic nitrogens is 2. The van der Waals surface area contributed by atoms with Gasteiger partial charge >= 0.3 is 0 Å². The van der Waals surface area contributed by atoms with E-state index in [1.54, 1.807) is 13.1 Å². The molecule has 0 unspecified atom stereocenters. The van der Waals surface area contributed by atoms with Gasteiger partial charge in [-0.3, -0.25) is 4.98 Å². The molecule has 1 aromatic heterocycles. The maximum Gasteiger partial charge on any atom is 0.213 e.